The van der Waals surface area contributed by atoms with Gasteiger partial charge in [0, 0.05) is 12.8 Å². The second kappa shape index (κ2) is 7.86. The van der Waals surface area contributed by atoms with Gasteiger partial charge < -0.3 is 14.9 Å². The second-order valence-electron chi connectivity index (χ2n) is 11.5. The van der Waals surface area contributed by atoms with Crippen molar-refractivity contribution in [3.63, 3.8) is 0 Å². The fourth-order valence-corrected chi connectivity index (χ4v) is 8.34. The van der Waals surface area contributed by atoms with E-state index in [9.17, 15) is 14.7 Å². The molecule has 2 N–H and O–H groups in total. The van der Waals surface area contributed by atoms with E-state index in [4.69, 9.17) is 9.84 Å². The van der Waals surface area contributed by atoms with Crippen LogP contribution >= 0.6 is 0 Å². The number of carboxylic acids is 1. The normalized spacial score (nSPS) is 43.2. The van der Waals surface area contributed by atoms with Crippen molar-refractivity contribution in [2.24, 2.45) is 34.5 Å². The molecule has 0 aromatic heterocycles. The molecule has 5 rings (SSSR count). The smallest absolute Gasteiger partial charge is 0.341 e. The van der Waals surface area contributed by atoms with Crippen LogP contribution in [0.25, 0.3) is 0 Å². The van der Waals surface area contributed by atoms with Crippen LogP contribution in [0.1, 0.15) is 76.7 Å². The third kappa shape index (κ3) is 3.39. The van der Waals surface area contributed by atoms with Crippen LogP contribution in [0, 0.1) is 34.5 Å². The summed E-state index contributed by atoms with van der Waals surface area (Å²) >= 11 is 0. The minimum Gasteiger partial charge on any atom is -0.482 e. The predicted octanol–water partition coefficient (Wildman–Crippen LogP) is 4.82. The summed E-state index contributed by atoms with van der Waals surface area (Å²) in [6.45, 7) is 4.42. The Morgan fingerprint density at radius 2 is 1.78 bits per heavy atom. The van der Waals surface area contributed by atoms with Gasteiger partial charge in [0.15, 0.2) is 6.61 Å². The first-order valence-corrected chi connectivity index (χ1v) is 12.4. The number of carbonyl (C=O) groups excluding carboxylic acids is 1. The summed E-state index contributed by atoms with van der Waals surface area (Å²) in [5.41, 5.74) is 1.49. The fourth-order valence-electron chi connectivity index (χ4n) is 8.34. The van der Waals surface area contributed by atoms with E-state index in [1.165, 1.54) is 5.56 Å². The van der Waals surface area contributed by atoms with Crippen molar-refractivity contribution in [1.29, 1.82) is 0 Å². The lowest BCUT2D eigenvalue weighted by atomic mass is 9.42. The van der Waals surface area contributed by atoms with Gasteiger partial charge in [0.2, 0.25) is 0 Å². The monoisotopic (exact) mass is 440 g/mol. The molecular formula is C27H36O5. The molecular weight excluding hydrogens is 404 g/mol. The molecule has 5 heteroatoms. The molecule has 3 unspecified atom stereocenters. The summed E-state index contributed by atoms with van der Waals surface area (Å²) in [7, 11) is 0. The van der Waals surface area contributed by atoms with Crippen molar-refractivity contribution in [3.8, 4) is 5.75 Å². The van der Waals surface area contributed by atoms with Gasteiger partial charge in [-0.2, -0.15) is 0 Å². The van der Waals surface area contributed by atoms with Crippen LogP contribution in [0.4, 0.5) is 0 Å². The number of aliphatic hydroxyl groups excluding tert-OH is 1. The average Bonchev–Trinajstić information content (AvgIpc) is 3.07. The molecule has 4 aliphatic rings. The van der Waals surface area contributed by atoms with Crippen LogP contribution in [0.15, 0.2) is 24.3 Å². The number of benzene rings is 1. The topological polar surface area (TPSA) is 83.8 Å². The van der Waals surface area contributed by atoms with E-state index >= 15 is 0 Å². The van der Waals surface area contributed by atoms with Gasteiger partial charge in [-0.3, -0.25) is 4.79 Å². The van der Waals surface area contributed by atoms with Crippen LogP contribution in [0.5, 0.6) is 5.75 Å². The first-order chi connectivity index (χ1) is 15.2. The second-order valence-corrected chi connectivity index (χ2v) is 11.5. The summed E-state index contributed by atoms with van der Waals surface area (Å²) in [6.07, 6.45) is 7.49. The number of ketones is 1. The highest BCUT2D eigenvalue weighted by atomic mass is 16.5. The Labute approximate surface area is 190 Å². The van der Waals surface area contributed by atoms with Crippen molar-refractivity contribution in [1.82, 2.24) is 0 Å². The van der Waals surface area contributed by atoms with Crippen molar-refractivity contribution >= 4 is 11.8 Å². The van der Waals surface area contributed by atoms with Crippen molar-refractivity contribution in [2.75, 3.05) is 6.61 Å². The first kappa shape index (κ1) is 21.9. The van der Waals surface area contributed by atoms with Crippen LogP contribution in [-0.4, -0.2) is 34.7 Å². The van der Waals surface area contributed by atoms with Crippen molar-refractivity contribution in [3.05, 3.63) is 29.8 Å². The first-order valence-electron chi connectivity index (χ1n) is 12.4. The number of carboxylic acid groups (broad SMARTS) is 1. The van der Waals surface area contributed by atoms with Gasteiger partial charge in [-0.25, -0.2) is 4.79 Å². The highest BCUT2D eigenvalue weighted by Gasteiger charge is 2.62. The number of ether oxygens (including phenoxy) is 1. The fraction of sp³-hybridized carbons (Fsp3) is 0.704. The van der Waals surface area contributed by atoms with E-state index in [1.54, 1.807) is 0 Å². The summed E-state index contributed by atoms with van der Waals surface area (Å²) in [6, 6.07) is 7.98. The molecule has 4 saturated carbocycles. The molecule has 0 amide bonds. The highest BCUT2D eigenvalue weighted by Crippen LogP contribution is 2.68. The molecule has 1 aromatic carbocycles. The molecule has 174 valence electrons. The summed E-state index contributed by atoms with van der Waals surface area (Å²) in [4.78, 5) is 23.2. The van der Waals surface area contributed by atoms with Gasteiger partial charge in [-0.1, -0.05) is 26.0 Å². The predicted molar refractivity (Wildman–Crippen MR) is 120 cm³/mol. The Hall–Kier alpha value is -1.88. The number of Topliss-reactive ketones (excluding diaryl/α,β-unsaturated/α-hetero) is 1. The maximum absolute atomic E-state index is 12.4. The van der Waals surface area contributed by atoms with Gasteiger partial charge in [-0.05, 0) is 96.6 Å². The molecule has 0 radical (unpaired) electrons. The van der Waals surface area contributed by atoms with Crippen LogP contribution in [0.2, 0.25) is 0 Å². The maximum Gasteiger partial charge on any atom is 0.341 e. The number of hydrogen-bond acceptors (Lipinski definition) is 4. The zero-order valence-corrected chi connectivity index (χ0v) is 19.3. The van der Waals surface area contributed by atoms with E-state index in [-0.39, 0.29) is 23.5 Å². The van der Waals surface area contributed by atoms with Crippen LogP contribution in [0.3, 0.4) is 0 Å². The largest absolute Gasteiger partial charge is 0.482 e. The van der Waals surface area contributed by atoms with Crippen molar-refractivity contribution < 1.29 is 24.5 Å². The van der Waals surface area contributed by atoms with E-state index in [0.717, 1.165) is 44.9 Å². The number of carbonyl (C=O) groups is 2. The quantitative estimate of drug-likeness (QED) is 0.702. The Morgan fingerprint density at radius 1 is 1.06 bits per heavy atom. The van der Waals surface area contributed by atoms with E-state index in [2.05, 4.69) is 26.0 Å². The van der Waals surface area contributed by atoms with Gasteiger partial charge >= 0.3 is 5.97 Å². The number of rotatable bonds is 4. The zero-order chi connectivity index (χ0) is 22.7. The molecule has 32 heavy (non-hydrogen) atoms. The van der Waals surface area contributed by atoms with Gasteiger partial charge in [-0.15, -0.1) is 0 Å². The SMILES string of the molecule is C[C@]12CCC(=O)CC1CC(c1ccc(OCC(=O)O)cc1)[C@@H]1[C@H]2CC[C@]2(C)C(O)CC[C@@H]12. The zero-order valence-electron chi connectivity index (χ0n) is 19.3. The minimum absolute atomic E-state index is 0.00234. The Bertz CT molecular complexity index is 894. The third-order valence-electron chi connectivity index (χ3n) is 10.2. The standard InChI is InChI=1S/C27H36O5/c1-26-11-9-18(28)13-17(26)14-20(16-3-5-19(6-4-16)32-15-24(30)31)25-21-7-8-23(29)27(21,2)12-10-22(25)26/h3-6,17,20-23,25,29H,7-15H2,1-2H3,(H,30,31)/t17?,20?,21-,22+,23?,25-,26-,27-/m0/s1. The van der Waals surface area contributed by atoms with Crippen LogP contribution < -0.4 is 4.74 Å². The molecule has 4 fully saturated rings. The maximum atomic E-state index is 12.4. The lowest BCUT2D eigenvalue weighted by Crippen LogP contribution is -2.56. The van der Waals surface area contributed by atoms with E-state index in [0.29, 0.717) is 47.5 Å². The molecule has 0 saturated heterocycles. The highest BCUT2D eigenvalue weighted by molar-refractivity contribution is 5.79. The Balaban J connectivity index is 1.50. The third-order valence-corrected chi connectivity index (χ3v) is 10.2. The Kier molecular flexibility index (Phi) is 5.39. The molecule has 0 spiro atoms. The molecule has 0 heterocycles. The molecule has 8 atom stereocenters. The van der Waals surface area contributed by atoms with Gasteiger partial charge in [0.05, 0.1) is 6.10 Å². The molecule has 4 aliphatic carbocycles. The van der Waals surface area contributed by atoms with E-state index in [1.807, 2.05) is 12.1 Å². The lowest BCUT2D eigenvalue weighted by Gasteiger charge is -2.62. The Morgan fingerprint density at radius 3 is 2.50 bits per heavy atom. The minimum atomic E-state index is -0.980. The number of aliphatic hydroxyl groups is 1. The number of fused-ring (bicyclic) bond motifs is 5. The molecule has 5 nitrogen and oxygen atoms in total. The van der Waals surface area contributed by atoms with Crippen molar-refractivity contribution in [2.45, 2.75) is 77.2 Å². The summed E-state index contributed by atoms with van der Waals surface area (Å²) in [5, 5.41) is 19.8. The lowest BCUT2D eigenvalue weighted by molar-refractivity contribution is -0.146. The molecule has 0 aliphatic heterocycles. The number of aliphatic carboxylic acids is 1. The average molecular weight is 441 g/mol. The van der Waals surface area contributed by atoms with Crippen LogP contribution in [-0.2, 0) is 9.59 Å². The molecule has 1 aromatic rings. The number of hydrogen-bond donors (Lipinski definition) is 2. The van der Waals surface area contributed by atoms with Gasteiger partial charge in [0.1, 0.15) is 11.5 Å². The summed E-state index contributed by atoms with van der Waals surface area (Å²) in [5.74, 6) is 2.43. The van der Waals surface area contributed by atoms with Gasteiger partial charge in [0.25, 0.3) is 0 Å². The summed E-state index contributed by atoms with van der Waals surface area (Å²) < 4.78 is 5.35. The van der Waals surface area contributed by atoms with E-state index < -0.39 is 5.97 Å². The molecule has 0 bridgehead atoms.